The summed E-state index contributed by atoms with van der Waals surface area (Å²) in [5, 5.41) is 3.45. The molecule has 1 unspecified atom stereocenters. The van der Waals surface area contributed by atoms with Crippen LogP contribution in [-0.2, 0) is 4.74 Å². The number of nitrogens with one attached hydrogen (secondary N) is 1. The molecule has 0 saturated carbocycles. The van der Waals surface area contributed by atoms with Gasteiger partial charge in [0.1, 0.15) is 0 Å². The van der Waals surface area contributed by atoms with E-state index in [1.807, 2.05) is 0 Å². The maximum absolute atomic E-state index is 5.72. The Balaban J connectivity index is 2.33. The SMILES string of the molecule is CCNCC(C)(C)CN(CC)CC1CCCO1. The highest BCUT2D eigenvalue weighted by Crippen LogP contribution is 2.19. The van der Waals surface area contributed by atoms with Gasteiger partial charge in [0.05, 0.1) is 6.10 Å². The summed E-state index contributed by atoms with van der Waals surface area (Å²) in [6.07, 6.45) is 2.96. The Kier molecular flexibility index (Phi) is 6.45. The number of hydrogen-bond acceptors (Lipinski definition) is 3. The molecule has 1 N–H and O–H groups in total. The number of ether oxygens (including phenoxy) is 1. The highest BCUT2D eigenvalue weighted by Gasteiger charge is 2.24. The first kappa shape index (κ1) is 14.9. The Bertz CT molecular complexity index is 200. The molecule has 17 heavy (non-hydrogen) atoms. The van der Waals surface area contributed by atoms with E-state index in [1.165, 1.54) is 12.8 Å². The molecule has 3 nitrogen and oxygen atoms in total. The largest absolute Gasteiger partial charge is 0.377 e. The third-order valence-electron chi connectivity index (χ3n) is 3.44. The fraction of sp³-hybridized carbons (Fsp3) is 1.00. The number of rotatable bonds is 8. The summed E-state index contributed by atoms with van der Waals surface area (Å²) < 4.78 is 5.72. The van der Waals surface area contributed by atoms with E-state index in [2.05, 4.69) is 37.9 Å². The van der Waals surface area contributed by atoms with Crippen molar-refractivity contribution in [1.29, 1.82) is 0 Å². The second kappa shape index (κ2) is 7.34. The third kappa shape index (κ3) is 5.84. The van der Waals surface area contributed by atoms with Crippen LogP contribution in [-0.4, -0.2) is 50.3 Å². The van der Waals surface area contributed by atoms with E-state index >= 15 is 0 Å². The van der Waals surface area contributed by atoms with Crippen LogP contribution < -0.4 is 5.32 Å². The molecule has 0 aromatic carbocycles. The summed E-state index contributed by atoms with van der Waals surface area (Å²) in [5.41, 5.74) is 0.338. The lowest BCUT2D eigenvalue weighted by molar-refractivity contribution is 0.0612. The van der Waals surface area contributed by atoms with Crippen LogP contribution in [0.2, 0.25) is 0 Å². The molecule has 1 rings (SSSR count). The van der Waals surface area contributed by atoms with E-state index in [0.717, 1.165) is 39.3 Å². The molecule has 1 fully saturated rings. The van der Waals surface area contributed by atoms with E-state index in [1.54, 1.807) is 0 Å². The van der Waals surface area contributed by atoms with Crippen molar-refractivity contribution < 1.29 is 4.74 Å². The second-order valence-corrected chi connectivity index (χ2v) is 5.91. The number of nitrogens with zero attached hydrogens (tertiary/aromatic N) is 1. The average molecular weight is 242 g/mol. The van der Waals surface area contributed by atoms with E-state index in [9.17, 15) is 0 Å². The molecule has 102 valence electrons. The molecule has 1 aliphatic rings. The third-order valence-corrected chi connectivity index (χ3v) is 3.44. The summed E-state index contributed by atoms with van der Waals surface area (Å²) >= 11 is 0. The van der Waals surface area contributed by atoms with Crippen LogP contribution in [0.3, 0.4) is 0 Å². The average Bonchev–Trinajstić information content (AvgIpc) is 2.78. The van der Waals surface area contributed by atoms with Crippen molar-refractivity contribution in [1.82, 2.24) is 10.2 Å². The summed E-state index contributed by atoms with van der Waals surface area (Å²) in [5.74, 6) is 0. The molecule has 0 aliphatic carbocycles. The van der Waals surface area contributed by atoms with E-state index in [4.69, 9.17) is 4.74 Å². The highest BCUT2D eigenvalue weighted by atomic mass is 16.5. The van der Waals surface area contributed by atoms with Crippen LogP contribution in [0.5, 0.6) is 0 Å². The normalized spacial score (nSPS) is 21.4. The minimum Gasteiger partial charge on any atom is -0.377 e. The Morgan fingerprint density at radius 3 is 2.65 bits per heavy atom. The van der Waals surface area contributed by atoms with Gasteiger partial charge in [0.25, 0.3) is 0 Å². The fourth-order valence-electron chi connectivity index (χ4n) is 2.51. The Morgan fingerprint density at radius 1 is 1.35 bits per heavy atom. The minimum atomic E-state index is 0.338. The van der Waals surface area contributed by atoms with Gasteiger partial charge < -0.3 is 15.0 Å². The Morgan fingerprint density at radius 2 is 2.12 bits per heavy atom. The van der Waals surface area contributed by atoms with Crippen molar-refractivity contribution in [3.8, 4) is 0 Å². The highest BCUT2D eigenvalue weighted by molar-refractivity contribution is 4.78. The predicted octanol–water partition coefficient (Wildman–Crippen LogP) is 2.12. The summed E-state index contributed by atoms with van der Waals surface area (Å²) in [4.78, 5) is 2.54. The first-order valence-corrected chi connectivity index (χ1v) is 7.12. The van der Waals surface area contributed by atoms with E-state index in [-0.39, 0.29) is 0 Å². The first-order chi connectivity index (χ1) is 8.07. The van der Waals surface area contributed by atoms with Crippen molar-refractivity contribution in [2.24, 2.45) is 5.41 Å². The Hall–Kier alpha value is -0.120. The van der Waals surface area contributed by atoms with Gasteiger partial charge in [-0.1, -0.05) is 27.7 Å². The molecule has 1 aliphatic heterocycles. The van der Waals surface area contributed by atoms with Crippen LogP contribution in [0, 0.1) is 5.41 Å². The number of likely N-dealkylation sites (N-methyl/N-ethyl adjacent to an activating group) is 1. The maximum Gasteiger partial charge on any atom is 0.0702 e. The lowest BCUT2D eigenvalue weighted by atomic mass is 9.92. The van der Waals surface area contributed by atoms with Gasteiger partial charge in [-0.15, -0.1) is 0 Å². The number of hydrogen-bond donors (Lipinski definition) is 1. The summed E-state index contributed by atoms with van der Waals surface area (Å²) in [6.45, 7) is 15.6. The van der Waals surface area contributed by atoms with Crippen molar-refractivity contribution in [3.63, 3.8) is 0 Å². The van der Waals surface area contributed by atoms with Gasteiger partial charge in [-0.25, -0.2) is 0 Å². The fourth-order valence-corrected chi connectivity index (χ4v) is 2.51. The van der Waals surface area contributed by atoms with Gasteiger partial charge in [-0.2, -0.15) is 0 Å². The monoisotopic (exact) mass is 242 g/mol. The molecule has 1 atom stereocenters. The maximum atomic E-state index is 5.72. The van der Waals surface area contributed by atoms with Crippen LogP contribution >= 0.6 is 0 Å². The van der Waals surface area contributed by atoms with Gasteiger partial charge in [-0.3, -0.25) is 0 Å². The predicted molar refractivity (Wildman–Crippen MR) is 73.4 cm³/mol. The zero-order valence-electron chi connectivity index (χ0n) is 12.1. The van der Waals surface area contributed by atoms with Crippen LogP contribution in [0.25, 0.3) is 0 Å². The van der Waals surface area contributed by atoms with Gasteiger partial charge in [0.2, 0.25) is 0 Å². The van der Waals surface area contributed by atoms with Crippen LogP contribution in [0.15, 0.2) is 0 Å². The second-order valence-electron chi connectivity index (χ2n) is 5.91. The molecule has 1 heterocycles. The van der Waals surface area contributed by atoms with Crippen molar-refractivity contribution in [3.05, 3.63) is 0 Å². The first-order valence-electron chi connectivity index (χ1n) is 7.12. The van der Waals surface area contributed by atoms with Gasteiger partial charge in [0.15, 0.2) is 0 Å². The molecule has 1 saturated heterocycles. The van der Waals surface area contributed by atoms with E-state index in [0.29, 0.717) is 11.5 Å². The van der Waals surface area contributed by atoms with Crippen molar-refractivity contribution >= 4 is 0 Å². The summed E-state index contributed by atoms with van der Waals surface area (Å²) in [6, 6.07) is 0. The molecule has 0 aromatic rings. The molecule has 0 spiro atoms. The van der Waals surface area contributed by atoms with Crippen molar-refractivity contribution in [2.75, 3.05) is 39.3 Å². The van der Waals surface area contributed by atoms with Crippen molar-refractivity contribution in [2.45, 2.75) is 46.6 Å². The van der Waals surface area contributed by atoms with Gasteiger partial charge in [0, 0.05) is 26.2 Å². The molecular weight excluding hydrogens is 212 g/mol. The van der Waals surface area contributed by atoms with Crippen LogP contribution in [0.1, 0.15) is 40.5 Å². The standard InChI is InChI=1S/C14H30N2O/c1-5-15-11-14(3,4)12-16(6-2)10-13-8-7-9-17-13/h13,15H,5-12H2,1-4H3. The Labute approximate surface area is 107 Å². The zero-order valence-corrected chi connectivity index (χ0v) is 12.1. The molecule has 0 aromatic heterocycles. The van der Waals surface area contributed by atoms with Gasteiger partial charge >= 0.3 is 0 Å². The topological polar surface area (TPSA) is 24.5 Å². The lowest BCUT2D eigenvalue weighted by Gasteiger charge is -2.33. The molecule has 0 radical (unpaired) electrons. The lowest BCUT2D eigenvalue weighted by Crippen LogP contribution is -2.43. The molecular formula is C14H30N2O. The molecule has 0 bridgehead atoms. The minimum absolute atomic E-state index is 0.338. The zero-order chi connectivity index (χ0) is 12.7. The van der Waals surface area contributed by atoms with Crippen LogP contribution in [0.4, 0.5) is 0 Å². The quantitative estimate of drug-likeness (QED) is 0.705. The molecule has 0 amide bonds. The molecule has 3 heteroatoms. The summed E-state index contributed by atoms with van der Waals surface area (Å²) in [7, 11) is 0. The van der Waals surface area contributed by atoms with E-state index < -0.39 is 0 Å². The van der Waals surface area contributed by atoms with Gasteiger partial charge in [-0.05, 0) is 31.3 Å². The smallest absolute Gasteiger partial charge is 0.0702 e.